The van der Waals surface area contributed by atoms with Gasteiger partial charge in [0, 0.05) is 23.4 Å². The van der Waals surface area contributed by atoms with Crippen molar-refractivity contribution in [1.29, 1.82) is 0 Å². The zero-order chi connectivity index (χ0) is 31.0. The monoisotopic (exact) mass is 588 g/mol. The molecule has 0 heterocycles. The minimum atomic E-state index is -4.17. The summed E-state index contributed by atoms with van der Waals surface area (Å²) in [5.74, 6) is -0.0587. The van der Waals surface area contributed by atoms with E-state index >= 15 is 0 Å². The Kier molecular flexibility index (Phi) is 9.87. The summed E-state index contributed by atoms with van der Waals surface area (Å²) < 4.78 is 47.5. The zero-order valence-electron chi connectivity index (χ0n) is 23.5. The fourth-order valence-electron chi connectivity index (χ4n) is 4.41. The number of carbonyl (C=O) groups is 2. The number of allylic oxidation sites excluding steroid dienone is 1. The van der Waals surface area contributed by atoms with Gasteiger partial charge in [0.2, 0.25) is 0 Å². The lowest BCUT2D eigenvalue weighted by atomic mass is 9.93. The minimum absolute atomic E-state index is 0.00767. The molecule has 0 amide bonds. The molecular weight excluding hydrogens is 557 g/mol. The van der Waals surface area contributed by atoms with E-state index in [1.807, 2.05) is 25.1 Å². The second-order valence-corrected chi connectivity index (χ2v) is 9.93. The van der Waals surface area contributed by atoms with Crippen molar-refractivity contribution in [2.75, 3.05) is 18.1 Å². The number of hydrogen-bond acceptors (Lipinski definition) is 6. The highest BCUT2D eigenvalue weighted by Crippen LogP contribution is 2.30. The number of unbranched alkanes of at least 4 members (excludes halogenated alkanes) is 1. The number of nitrogens with two attached hydrogens (primary N) is 2. The lowest BCUT2D eigenvalue weighted by Gasteiger charge is -2.13. The molecule has 4 aromatic carbocycles. The molecule has 43 heavy (non-hydrogen) atoms. The van der Waals surface area contributed by atoms with Gasteiger partial charge in [0.25, 0.3) is 0 Å². The van der Waals surface area contributed by atoms with E-state index in [1.165, 1.54) is 18.2 Å². The Labute approximate surface area is 247 Å². The smallest absolute Gasteiger partial charge is 0.389 e. The van der Waals surface area contributed by atoms with Gasteiger partial charge in [0.15, 0.2) is 5.78 Å². The number of carbonyl (C=O) groups excluding carboxylic acids is 2. The molecule has 0 spiro atoms. The lowest BCUT2D eigenvalue weighted by molar-refractivity contribution is -0.135. The summed E-state index contributed by atoms with van der Waals surface area (Å²) in [6.45, 7) is 2.00. The van der Waals surface area contributed by atoms with E-state index in [4.69, 9.17) is 20.9 Å². The predicted molar refractivity (Wildman–Crippen MR) is 162 cm³/mol. The molecule has 0 unspecified atom stereocenters. The fourth-order valence-corrected chi connectivity index (χ4v) is 4.41. The van der Waals surface area contributed by atoms with Crippen LogP contribution in [0.4, 0.5) is 24.5 Å². The molecule has 0 aliphatic rings. The maximum Gasteiger partial charge on any atom is 0.389 e. The van der Waals surface area contributed by atoms with Crippen molar-refractivity contribution >= 4 is 29.2 Å². The van der Waals surface area contributed by atoms with Gasteiger partial charge in [-0.3, -0.25) is 4.79 Å². The number of rotatable bonds is 11. The van der Waals surface area contributed by atoms with Crippen molar-refractivity contribution in [2.45, 2.75) is 32.4 Å². The molecule has 0 saturated heterocycles. The molecule has 222 valence electrons. The molecule has 0 aliphatic heterocycles. The molecule has 0 radical (unpaired) electrons. The molecular formula is C34H31F3N2O4. The second kappa shape index (κ2) is 13.7. The van der Waals surface area contributed by atoms with Crippen molar-refractivity contribution in [3.8, 4) is 22.6 Å². The molecule has 0 bridgehead atoms. The van der Waals surface area contributed by atoms with Crippen LogP contribution >= 0.6 is 0 Å². The van der Waals surface area contributed by atoms with E-state index in [9.17, 15) is 22.8 Å². The van der Waals surface area contributed by atoms with E-state index in [0.29, 0.717) is 28.4 Å². The number of ether oxygens (including phenoxy) is 2. The first-order valence-electron chi connectivity index (χ1n) is 13.6. The first kappa shape index (κ1) is 30.9. The predicted octanol–water partition coefficient (Wildman–Crippen LogP) is 8.05. The Morgan fingerprint density at radius 1 is 0.814 bits per heavy atom. The molecule has 4 rings (SSSR count). The molecule has 0 fully saturated rings. The van der Waals surface area contributed by atoms with Crippen LogP contribution in [-0.4, -0.2) is 24.5 Å². The summed E-state index contributed by atoms with van der Waals surface area (Å²) in [7, 11) is 0. The SMILES string of the molecule is Cc1c(-c2ccc(N)cc2)ccc(N)c1C(=O)/C=C/c1ccc(OC(=O)c2ccc(OCCCCC(F)(F)F)cc2)cc1. The number of halogens is 3. The number of nitrogen functional groups attached to an aromatic ring is 2. The van der Waals surface area contributed by atoms with Gasteiger partial charge < -0.3 is 20.9 Å². The van der Waals surface area contributed by atoms with Crippen LogP contribution in [-0.2, 0) is 0 Å². The Morgan fingerprint density at radius 2 is 1.47 bits per heavy atom. The van der Waals surface area contributed by atoms with Crippen molar-refractivity contribution in [2.24, 2.45) is 0 Å². The first-order chi connectivity index (χ1) is 20.5. The Balaban J connectivity index is 1.33. The van der Waals surface area contributed by atoms with E-state index < -0.39 is 18.6 Å². The highest BCUT2D eigenvalue weighted by atomic mass is 19.4. The Bertz CT molecular complexity index is 1600. The lowest BCUT2D eigenvalue weighted by Crippen LogP contribution is -2.09. The molecule has 4 aromatic rings. The van der Waals surface area contributed by atoms with Crippen LogP contribution in [0, 0.1) is 6.92 Å². The third-order valence-electron chi connectivity index (χ3n) is 6.70. The van der Waals surface area contributed by atoms with Gasteiger partial charge in [-0.05, 0) is 103 Å². The van der Waals surface area contributed by atoms with Crippen LogP contribution < -0.4 is 20.9 Å². The number of hydrogen-bond donors (Lipinski definition) is 2. The Hall–Kier alpha value is -5.05. The first-order valence-corrected chi connectivity index (χ1v) is 13.6. The number of benzene rings is 4. The maximum absolute atomic E-state index is 13.1. The second-order valence-electron chi connectivity index (χ2n) is 9.93. The van der Waals surface area contributed by atoms with Gasteiger partial charge in [-0.1, -0.05) is 36.4 Å². The van der Waals surface area contributed by atoms with Crippen LogP contribution in [0.25, 0.3) is 17.2 Å². The van der Waals surface area contributed by atoms with E-state index in [1.54, 1.807) is 60.7 Å². The summed E-state index contributed by atoms with van der Waals surface area (Å²) in [5.41, 5.74) is 17.0. The molecule has 9 heteroatoms. The molecule has 4 N–H and O–H groups in total. The molecule has 0 atom stereocenters. The maximum atomic E-state index is 13.1. The molecule has 6 nitrogen and oxygen atoms in total. The summed E-state index contributed by atoms with van der Waals surface area (Å²) in [6, 6.07) is 23.8. The van der Waals surface area contributed by atoms with Crippen LogP contribution in [0.3, 0.4) is 0 Å². The van der Waals surface area contributed by atoms with Crippen molar-refractivity contribution in [1.82, 2.24) is 0 Å². The summed E-state index contributed by atoms with van der Waals surface area (Å²) in [4.78, 5) is 25.6. The average Bonchev–Trinajstić information content (AvgIpc) is 2.97. The van der Waals surface area contributed by atoms with E-state index in [0.717, 1.165) is 22.3 Å². The van der Waals surface area contributed by atoms with Gasteiger partial charge in [-0.25, -0.2) is 4.79 Å². The third-order valence-corrected chi connectivity index (χ3v) is 6.70. The number of anilines is 2. The average molecular weight is 589 g/mol. The van der Waals surface area contributed by atoms with Gasteiger partial charge in [-0.2, -0.15) is 13.2 Å². The molecule has 0 aromatic heterocycles. The number of alkyl halides is 3. The Morgan fingerprint density at radius 3 is 2.12 bits per heavy atom. The van der Waals surface area contributed by atoms with Gasteiger partial charge in [0.1, 0.15) is 11.5 Å². The molecule has 0 aliphatic carbocycles. The largest absolute Gasteiger partial charge is 0.494 e. The number of esters is 1. The van der Waals surface area contributed by atoms with Crippen molar-refractivity contribution < 1.29 is 32.2 Å². The van der Waals surface area contributed by atoms with E-state index in [2.05, 4.69) is 0 Å². The van der Waals surface area contributed by atoms with Crippen LogP contribution in [0.15, 0.2) is 91.0 Å². The summed E-state index contributed by atoms with van der Waals surface area (Å²) in [6.07, 6.45) is -1.64. The van der Waals surface area contributed by atoms with Crippen LogP contribution in [0.2, 0.25) is 0 Å². The van der Waals surface area contributed by atoms with Crippen molar-refractivity contribution in [3.05, 3.63) is 113 Å². The van der Waals surface area contributed by atoms with Crippen molar-refractivity contribution in [3.63, 3.8) is 0 Å². The fraction of sp³-hybridized carbons (Fsp3) is 0.176. The standard InChI is InChI=1S/C34H31F3N2O4/c1-22-29(24-7-11-26(38)12-8-24)17-18-30(39)32(22)31(40)19-6-23-4-13-28(14-5-23)43-33(41)25-9-15-27(16-10-25)42-21-3-2-20-34(35,36)37/h4-19H,2-3,20-21,38-39H2,1H3/b19-6+. The highest BCUT2D eigenvalue weighted by molar-refractivity contribution is 6.12. The van der Waals surface area contributed by atoms with Gasteiger partial charge >= 0.3 is 12.1 Å². The molecule has 0 saturated carbocycles. The van der Waals surface area contributed by atoms with Crippen LogP contribution in [0.5, 0.6) is 11.5 Å². The summed E-state index contributed by atoms with van der Waals surface area (Å²) in [5, 5.41) is 0. The topological polar surface area (TPSA) is 105 Å². The minimum Gasteiger partial charge on any atom is -0.494 e. The normalized spacial score (nSPS) is 11.4. The van der Waals surface area contributed by atoms with E-state index in [-0.39, 0.29) is 30.8 Å². The zero-order valence-corrected chi connectivity index (χ0v) is 23.5. The summed E-state index contributed by atoms with van der Waals surface area (Å²) >= 11 is 0. The number of ketones is 1. The van der Waals surface area contributed by atoms with Crippen LogP contribution in [0.1, 0.15) is 51.1 Å². The van der Waals surface area contributed by atoms with Gasteiger partial charge in [-0.15, -0.1) is 0 Å². The third kappa shape index (κ3) is 8.72. The van der Waals surface area contributed by atoms with Gasteiger partial charge in [0.05, 0.1) is 12.2 Å². The quantitative estimate of drug-likeness (QED) is 0.0459. The highest BCUT2D eigenvalue weighted by Gasteiger charge is 2.25.